The minimum absolute atomic E-state index is 0.563. The molecule has 0 N–H and O–H groups in total. The molecule has 4 heteroatoms. The molecule has 0 atom stereocenters. The number of para-hydroxylation sites is 1. The zero-order valence-electron chi connectivity index (χ0n) is 27.5. The summed E-state index contributed by atoms with van der Waals surface area (Å²) >= 11 is 0. The molecular formula is C47H29N3O. The van der Waals surface area contributed by atoms with Crippen LogP contribution in [-0.4, -0.2) is 15.0 Å². The van der Waals surface area contributed by atoms with Gasteiger partial charge >= 0.3 is 0 Å². The van der Waals surface area contributed by atoms with Crippen molar-refractivity contribution in [3.63, 3.8) is 0 Å². The van der Waals surface area contributed by atoms with Crippen LogP contribution in [-0.2, 0) is 0 Å². The maximum Gasteiger partial charge on any atom is 0.168 e. The number of aromatic nitrogens is 3. The lowest BCUT2D eigenvalue weighted by atomic mass is 9.93. The van der Waals surface area contributed by atoms with E-state index in [1.807, 2.05) is 78.9 Å². The Morgan fingerprint density at radius 1 is 0.333 bits per heavy atom. The molecule has 10 aromatic rings. The average molecular weight is 652 g/mol. The molecule has 0 aliphatic carbocycles. The lowest BCUT2D eigenvalue weighted by Gasteiger charge is -2.13. The highest BCUT2D eigenvalue weighted by Crippen LogP contribution is 2.42. The highest BCUT2D eigenvalue weighted by molar-refractivity contribution is 6.12. The lowest BCUT2D eigenvalue weighted by molar-refractivity contribution is 0.669. The van der Waals surface area contributed by atoms with Gasteiger partial charge in [-0.25, -0.2) is 15.0 Å². The number of benzene rings is 8. The number of hydrogen-bond acceptors (Lipinski definition) is 4. The highest BCUT2D eigenvalue weighted by Gasteiger charge is 2.22. The van der Waals surface area contributed by atoms with Crippen LogP contribution in [0, 0.1) is 0 Å². The third kappa shape index (κ3) is 5.04. The maximum atomic E-state index is 6.66. The molecule has 0 aliphatic heterocycles. The van der Waals surface area contributed by atoms with Gasteiger partial charge in [-0.3, -0.25) is 0 Å². The Kier molecular flexibility index (Phi) is 6.78. The van der Waals surface area contributed by atoms with Gasteiger partial charge in [0.25, 0.3) is 0 Å². The maximum absolute atomic E-state index is 6.66. The Labute approximate surface area is 294 Å². The summed E-state index contributed by atoms with van der Waals surface area (Å²) < 4.78 is 6.66. The molecule has 4 nitrogen and oxygen atoms in total. The first-order chi connectivity index (χ1) is 25.3. The fraction of sp³-hybridized carbons (Fsp3) is 0. The van der Waals surface area contributed by atoms with Crippen LogP contribution in [0.5, 0.6) is 0 Å². The molecule has 0 saturated carbocycles. The summed E-state index contributed by atoms with van der Waals surface area (Å²) in [6, 6.07) is 61.1. The van der Waals surface area contributed by atoms with E-state index >= 15 is 0 Å². The predicted octanol–water partition coefficient (Wildman–Crippen LogP) is 12.4. The van der Waals surface area contributed by atoms with Crippen molar-refractivity contribution in [3.05, 3.63) is 176 Å². The van der Waals surface area contributed by atoms with Crippen LogP contribution < -0.4 is 0 Å². The molecule has 0 saturated heterocycles. The van der Waals surface area contributed by atoms with E-state index in [4.69, 9.17) is 19.4 Å². The van der Waals surface area contributed by atoms with E-state index in [1.165, 1.54) is 27.1 Å². The van der Waals surface area contributed by atoms with Crippen molar-refractivity contribution >= 4 is 43.5 Å². The topological polar surface area (TPSA) is 51.8 Å². The zero-order chi connectivity index (χ0) is 33.7. The molecule has 0 bridgehead atoms. The molecule has 0 aliphatic rings. The Balaban J connectivity index is 1.16. The molecule has 0 amide bonds. The van der Waals surface area contributed by atoms with Crippen LogP contribution in [0.4, 0.5) is 0 Å². The second kappa shape index (κ2) is 11.9. The van der Waals surface area contributed by atoms with Crippen molar-refractivity contribution in [3.8, 4) is 56.4 Å². The molecule has 0 unspecified atom stereocenters. The second-order valence-corrected chi connectivity index (χ2v) is 12.8. The smallest absolute Gasteiger partial charge is 0.168 e. The first-order valence-corrected chi connectivity index (χ1v) is 17.1. The fourth-order valence-corrected chi connectivity index (χ4v) is 7.21. The molecule has 2 heterocycles. The molecule has 0 fully saturated rings. The number of rotatable bonds is 5. The SMILES string of the molecule is c1ccc(-c2nc(-c3ccccc3)nc(-c3c(-c4ccc(-c5ccc6c(ccc7ccccc76)c5)cc4)ccc4c3oc3ccccc34)n2)cc1. The standard InChI is InChI=1S/C47H29N3O/c1-3-12-33(13-4-1)45-48-46(34-14-5-2-6-15-34)50-47(49-45)43-39(27-28-41-40-17-9-10-18-42(40)51-44(41)43)32-21-19-30(20-22-32)35-25-26-38-36(29-35)24-23-31-11-7-8-16-37(31)38/h1-29H. The molecule has 51 heavy (non-hydrogen) atoms. The van der Waals surface area contributed by atoms with E-state index in [-0.39, 0.29) is 0 Å². The fourth-order valence-electron chi connectivity index (χ4n) is 7.21. The van der Waals surface area contributed by atoms with Crippen molar-refractivity contribution in [2.24, 2.45) is 0 Å². The Bertz CT molecular complexity index is 2840. The summed E-state index contributed by atoms with van der Waals surface area (Å²) in [6.07, 6.45) is 0. The van der Waals surface area contributed by atoms with Crippen molar-refractivity contribution in [2.45, 2.75) is 0 Å². The molecule has 0 radical (unpaired) electrons. The number of nitrogens with zero attached hydrogens (tertiary/aromatic N) is 3. The first-order valence-electron chi connectivity index (χ1n) is 17.1. The Hall–Kier alpha value is -6.91. The molecule has 2 aromatic heterocycles. The quantitative estimate of drug-likeness (QED) is 0.174. The molecule has 8 aromatic carbocycles. The summed E-state index contributed by atoms with van der Waals surface area (Å²) in [4.78, 5) is 15.2. The average Bonchev–Trinajstić information content (AvgIpc) is 3.59. The summed E-state index contributed by atoms with van der Waals surface area (Å²) in [5.74, 6) is 1.78. The monoisotopic (exact) mass is 651 g/mol. The van der Waals surface area contributed by atoms with E-state index in [9.17, 15) is 0 Å². The zero-order valence-corrected chi connectivity index (χ0v) is 27.5. The van der Waals surface area contributed by atoms with Crippen LogP contribution >= 0.6 is 0 Å². The van der Waals surface area contributed by atoms with Gasteiger partial charge in [-0.05, 0) is 62.0 Å². The number of fused-ring (bicyclic) bond motifs is 6. The van der Waals surface area contributed by atoms with Crippen molar-refractivity contribution in [2.75, 3.05) is 0 Å². The van der Waals surface area contributed by atoms with Crippen molar-refractivity contribution < 1.29 is 4.42 Å². The molecule has 238 valence electrons. The predicted molar refractivity (Wildman–Crippen MR) is 209 cm³/mol. The van der Waals surface area contributed by atoms with Crippen molar-refractivity contribution in [1.82, 2.24) is 15.0 Å². The van der Waals surface area contributed by atoms with Gasteiger partial charge in [-0.2, -0.15) is 0 Å². The number of hydrogen-bond donors (Lipinski definition) is 0. The summed E-state index contributed by atoms with van der Waals surface area (Å²) in [5, 5.41) is 7.09. The largest absolute Gasteiger partial charge is 0.455 e. The van der Waals surface area contributed by atoms with Crippen LogP contribution in [0.15, 0.2) is 180 Å². The van der Waals surface area contributed by atoms with Gasteiger partial charge in [0.15, 0.2) is 17.5 Å². The third-order valence-corrected chi connectivity index (χ3v) is 9.74. The summed E-state index contributed by atoms with van der Waals surface area (Å²) in [7, 11) is 0. The van der Waals surface area contributed by atoms with Gasteiger partial charge in [0.1, 0.15) is 11.2 Å². The highest BCUT2D eigenvalue weighted by atomic mass is 16.3. The summed E-state index contributed by atoms with van der Waals surface area (Å²) in [6.45, 7) is 0. The summed E-state index contributed by atoms with van der Waals surface area (Å²) in [5.41, 5.74) is 8.62. The van der Waals surface area contributed by atoms with Gasteiger partial charge in [0, 0.05) is 21.9 Å². The van der Waals surface area contributed by atoms with Gasteiger partial charge < -0.3 is 4.42 Å². The molecular weight excluding hydrogens is 623 g/mol. The van der Waals surface area contributed by atoms with Crippen LogP contribution in [0.1, 0.15) is 0 Å². The van der Waals surface area contributed by atoms with Gasteiger partial charge in [0.2, 0.25) is 0 Å². The van der Waals surface area contributed by atoms with Crippen molar-refractivity contribution in [1.29, 1.82) is 0 Å². The Morgan fingerprint density at radius 2 is 0.882 bits per heavy atom. The van der Waals surface area contributed by atoms with Gasteiger partial charge in [0.05, 0.1) is 5.56 Å². The second-order valence-electron chi connectivity index (χ2n) is 12.8. The van der Waals surface area contributed by atoms with Gasteiger partial charge in [-0.15, -0.1) is 0 Å². The Morgan fingerprint density at radius 3 is 1.63 bits per heavy atom. The minimum atomic E-state index is 0.563. The normalized spacial score (nSPS) is 11.5. The van der Waals surface area contributed by atoms with E-state index in [0.717, 1.165) is 55.3 Å². The third-order valence-electron chi connectivity index (χ3n) is 9.74. The van der Waals surface area contributed by atoms with E-state index < -0.39 is 0 Å². The molecule has 0 spiro atoms. The van der Waals surface area contributed by atoms with E-state index in [0.29, 0.717) is 17.5 Å². The van der Waals surface area contributed by atoms with Crippen LogP contribution in [0.2, 0.25) is 0 Å². The number of furan rings is 1. The van der Waals surface area contributed by atoms with Crippen LogP contribution in [0.25, 0.3) is 99.9 Å². The van der Waals surface area contributed by atoms with E-state index in [2.05, 4.69) is 97.1 Å². The van der Waals surface area contributed by atoms with Gasteiger partial charge in [-0.1, -0.05) is 158 Å². The lowest BCUT2D eigenvalue weighted by Crippen LogP contribution is -2.01. The first kappa shape index (κ1) is 29.0. The molecule has 10 rings (SSSR count). The van der Waals surface area contributed by atoms with Crippen LogP contribution in [0.3, 0.4) is 0 Å². The minimum Gasteiger partial charge on any atom is -0.455 e. The van der Waals surface area contributed by atoms with E-state index in [1.54, 1.807) is 0 Å².